The predicted molar refractivity (Wildman–Crippen MR) is 71.0 cm³/mol. The van der Waals surface area contributed by atoms with E-state index in [1.54, 1.807) is 35.5 Å². The lowest BCUT2D eigenvalue weighted by Crippen LogP contribution is -2.54. The van der Waals surface area contributed by atoms with Crippen LogP contribution in [0, 0.1) is 11.3 Å². The van der Waals surface area contributed by atoms with Crippen molar-refractivity contribution in [3.8, 4) is 6.07 Å². The maximum Gasteiger partial charge on any atom is 0.502 e. The first kappa shape index (κ1) is 17.7. The molecule has 0 aliphatic rings. The van der Waals surface area contributed by atoms with Crippen LogP contribution in [-0.2, 0) is 22.1 Å². The Morgan fingerprint density at radius 1 is 0.889 bits per heavy atom. The molecule has 0 aliphatic heterocycles. The van der Waals surface area contributed by atoms with Crippen LogP contribution >= 0.6 is 0 Å². The Bertz CT molecular complexity index is 255. The highest BCUT2D eigenvalue weighted by atomic mass is 28.4. The van der Waals surface area contributed by atoms with Gasteiger partial charge in [0.1, 0.15) is 0 Å². The van der Waals surface area contributed by atoms with E-state index in [-0.39, 0.29) is 0 Å². The molecule has 0 aliphatic carbocycles. The maximum absolute atomic E-state index is 8.60. The molecule has 0 rings (SSSR count). The number of hydrogen-bond donors (Lipinski definition) is 0. The molecule has 0 aromatic rings. The quantitative estimate of drug-likeness (QED) is 0.448. The Kier molecular flexibility index (Phi) is 8.63. The van der Waals surface area contributed by atoms with Gasteiger partial charge in [-0.3, -0.25) is 0 Å². The summed E-state index contributed by atoms with van der Waals surface area (Å²) in [6, 6.07) is 2.84. The summed E-state index contributed by atoms with van der Waals surface area (Å²) in [7, 11) is 2.79. The van der Waals surface area contributed by atoms with Crippen molar-refractivity contribution in [3.05, 3.63) is 0 Å². The molecule has 6 nitrogen and oxygen atoms in total. The summed E-state index contributed by atoms with van der Waals surface area (Å²) in [4.78, 5) is 0. The van der Waals surface area contributed by atoms with E-state index < -0.39 is 17.4 Å². The van der Waals surface area contributed by atoms with Crippen LogP contribution in [0.15, 0.2) is 0 Å². The molecular formula is C10H23NO5Si2. The number of unbranched alkanes of at least 4 members (excludes halogenated alkanes) is 1. The molecule has 0 spiro atoms. The first-order chi connectivity index (χ1) is 8.57. The topological polar surface area (TPSA) is 69.9 Å². The Balaban J connectivity index is 4.81. The van der Waals surface area contributed by atoms with Gasteiger partial charge in [-0.05, 0) is 12.5 Å². The van der Waals surface area contributed by atoms with Gasteiger partial charge in [0.05, 0.1) is 11.7 Å². The molecule has 0 aromatic carbocycles. The molecule has 0 fully saturated rings. The van der Waals surface area contributed by atoms with Gasteiger partial charge in [0.25, 0.3) is 0 Å². The van der Waals surface area contributed by atoms with Crippen LogP contribution in [0.4, 0.5) is 0 Å². The van der Waals surface area contributed by atoms with Crippen molar-refractivity contribution in [2.45, 2.75) is 24.6 Å². The Morgan fingerprint density at radius 2 is 1.39 bits per heavy atom. The molecule has 0 amide bonds. The van der Waals surface area contributed by atoms with E-state index in [0.717, 1.165) is 12.5 Å². The SMILES string of the molecule is CO[Si](CCCC#N)(C[Si](OC)(OC)OC)OC. The number of nitrogens with zero attached hydrogens (tertiary/aromatic N) is 1. The molecule has 106 valence electrons. The Morgan fingerprint density at radius 3 is 1.72 bits per heavy atom. The van der Waals surface area contributed by atoms with Gasteiger partial charge in [-0.25, -0.2) is 0 Å². The highest BCUT2D eigenvalue weighted by molar-refractivity contribution is 6.83. The van der Waals surface area contributed by atoms with Gasteiger partial charge in [0.15, 0.2) is 0 Å². The van der Waals surface area contributed by atoms with Crippen molar-refractivity contribution < 1.29 is 22.1 Å². The number of nitriles is 1. The van der Waals surface area contributed by atoms with E-state index in [9.17, 15) is 0 Å². The van der Waals surface area contributed by atoms with Crippen LogP contribution in [0.5, 0.6) is 0 Å². The second-order valence-electron chi connectivity index (χ2n) is 3.80. The van der Waals surface area contributed by atoms with Gasteiger partial charge in [-0.1, -0.05) is 0 Å². The molecular weight excluding hydrogens is 270 g/mol. The smallest absolute Gasteiger partial charge is 0.398 e. The van der Waals surface area contributed by atoms with Crippen molar-refractivity contribution in [2.75, 3.05) is 35.5 Å². The standard InChI is InChI=1S/C10H23NO5Si2/c1-12-17(13-2,9-7-6-8-11)10-18(14-3,15-4)16-5/h6-7,9-10H2,1-5H3. The molecule has 0 unspecified atom stereocenters. The van der Waals surface area contributed by atoms with E-state index >= 15 is 0 Å². The van der Waals surface area contributed by atoms with E-state index in [1.165, 1.54) is 0 Å². The van der Waals surface area contributed by atoms with Crippen LogP contribution in [0.2, 0.25) is 11.7 Å². The first-order valence-electron chi connectivity index (χ1n) is 5.70. The number of hydrogen-bond acceptors (Lipinski definition) is 6. The summed E-state index contributed by atoms with van der Waals surface area (Å²) in [6.45, 7) is 0. The largest absolute Gasteiger partial charge is 0.502 e. The molecule has 0 atom stereocenters. The van der Waals surface area contributed by atoms with Gasteiger partial charge in [-0.2, -0.15) is 5.26 Å². The second-order valence-corrected chi connectivity index (χ2v) is 10.9. The molecule has 0 aromatic heterocycles. The zero-order valence-electron chi connectivity index (χ0n) is 11.8. The molecule has 0 bridgehead atoms. The molecule has 0 heterocycles. The van der Waals surface area contributed by atoms with Crippen molar-refractivity contribution in [1.29, 1.82) is 5.26 Å². The monoisotopic (exact) mass is 293 g/mol. The zero-order chi connectivity index (χ0) is 14.1. The van der Waals surface area contributed by atoms with E-state index in [0.29, 0.717) is 12.1 Å². The highest BCUT2D eigenvalue weighted by Gasteiger charge is 2.51. The third-order valence-corrected chi connectivity index (χ3v) is 11.4. The van der Waals surface area contributed by atoms with Crippen LogP contribution < -0.4 is 0 Å². The van der Waals surface area contributed by atoms with Crippen molar-refractivity contribution in [2.24, 2.45) is 0 Å². The Labute approximate surface area is 111 Å². The minimum absolute atomic E-state index is 0.489. The third-order valence-electron chi connectivity index (χ3n) is 3.01. The summed E-state index contributed by atoms with van der Waals surface area (Å²) in [5, 5.41) is 8.60. The van der Waals surface area contributed by atoms with Gasteiger partial charge in [0, 0.05) is 42.0 Å². The fraction of sp³-hybridized carbons (Fsp3) is 0.900. The van der Waals surface area contributed by atoms with Gasteiger partial charge in [-0.15, -0.1) is 0 Å². The molecule has 0 radical (unpaired) electrons. The lowest BCUT2D eigenvalue weighted by atomic mass is 10.4. The van der Waals surface area contributed by atoms with Gasteiger partial charge in [0.2, 0.25) is 0 Å². The first-order valence-corrected chi connectivity index (χ1v) is 9.86. The molecule has 0 saturated heterocycles. The van der Waals surface area contributed by atoms with Crippen LogP contribution in [0.3, 0.4) is 0 Å². The maximum atomic E-state index is 8.60. The third kappa shape index (κ3) is 4.77. The van der Waals surface area contributed by atoms with Crippen molar-refractivity contribution in [1.82, 2.24) is 0 Å². The molecule has 0 N–H and O–H groups in total. The van der Waals surface area contributed by atoms with Crippen molar-refractivity contribution in [3.63, 3.8) is 0 Å². The minimum Gasteiger partial charge on any atom is -0.398 e. The summed E-state index contributed by atoms with van der Waals surface area (Å²) in [5.74, 6) is 0. The van der Waals surface area contributed by atoms with E-state index in [2.05, 4.69) is 6.07 Å². The minimum atomic E-state index is -2.73. The fourth-order valence-electron chi connectivity index (χ4n) is 1.75. The highest BCUT2D eigenvalue weighted by Crippen LogP contribution is 2.27. The average Bonchev–Trinajstić information content (AvgIpc) is 2.44. The summed E-state index contributed by atoms with van der Waals surface area (Å²) in [5.41, 5.74) is 0.516. The van der Waals surface area contributed by atoms with Crippen molar-refractivity contribution >= 4 is 17.4 Å². The van der Waals surface area contributed by atoms with E-state index in [1.807, 2.05) is 0 Å². The molecule has 0 saturated carbocycles. The van der Waals surface area contributed by atoms with Crippen LogP contribution in [0.1, 0.15) is 12.8 Å². The van der Waals surface area contributed by atoms with Gasteiger partial charge >= 0.3 is 17.4 Å². The Hall–Kier alpha value is -0.276. The summed E-state index contributed by atoms with van der Waals surface area (Å²) >= 11 is 0. The fourth-order valence-corrected chi connectivity index (χ4v) is 9.78. The predicted octanol–water partition coefficient (Wildman–Crippen LogP) is 1.44. The zero-order valence-corrected chi connectivity index (χ0v) is 13.8. The average molecular weight is 293 g/mol. The summed E-state index contributed by atoms with van der Waals surface area (Å²) < 4.78 is 27.4. The summed E-state index contributed by atoms with van der Waals surface area (Å²) in [6.07, 6.45) is 1.23. The van der Waals surface area contributed by atoms with Crippen LogP contribution in [0.25, 0.3) is 0 Å². The lowest BCUT2D eigenvalue weighted by molar-refractivity contribution is 0.122. The second kappa shape index (κ2) is 8.76. The molecule has 18 heavy (non-hydrogen) atoms. The van der Waals surface area contributed by atoms with Crippen LogP contribution in [-0.4, -0.2) is 52.9 Å². The number of rotatable bonds is 10. The normalized spacial score (nSPS) is 12.4. The molecule has 8 heteroatoms. The van der Waals surface area contributed by atoms with E-state index in [4.69, 9.17) is 27.4 Å². The van der Waals surface area contributed by atoms with Gasteiger partial charge < -0.3 is 22.1 Å². The lowest BCUT2D eigenvalue weighted by Gasteiger charge is -2.33.